The lowest BCUT2D eigenvalue weighted by Crippen LogP contribution is -2.38. The predicted octanol–water partition coefficient (Wildman–Crippen LogP) is 3.25. The van der Waals surface area contributed by atoms with Gasteiger partial charge in [-0.1, -0.05) is 30.3 Å². The quantitative estimate of drug-likeness (QED) is 0.815. The molecule has 0 saturated carbocycles. The van der Waals surface area contributed by atoms with E-state index in [1.54, 1.807) is 4.90 Å². The Morgan fingerprint density at radius 1 is 1.13 bits per heavy atom. The molecule has 0 radical (unpaired) electrons. The summed E-state index contributed by atoms with van der Waals surface area (Å²) in [6, 6.07) is 14.9. The minimum Gasteiger partial charge on any atom is -0.484 e. The Hall–Kier alpha value is -2.62. The van der Waals surface area contributed by atoms with Gasteiger partial charge in [-0.15, -0.1) is 0 Å². The Labute approximate surface area is 135 Å². The zero-order valence-corrected chi connectivity index (χ0v) is 13.1. The number of hydrogen-bond acceptors (Lipinski definition) is 3. The number of nitrogens with zero attached hydrogens (tertiary/aromatic N) is 1. The molecule has 2 aromatic carbocycles. The second-order valence-corrected chi connectivity index (χ2v) is 5.65. The Kier molecular flexibility index (Phi) is 4.42. The van der Waals surface area contributed by atoms with E-state index >= 15 is 0 Å². The summed E-state index contributed by atoms with van der Waals surface area (Å²) in [6.07, 6.45) is 1.85. The maximum atomic E-state index is 12.5. The first kappa shape index (κ1) is 15.3. The number of rotatable bonds is 4. The van der Waals surface area contributed by atoms with Crippen LogP contribution in [-0.2, 0) is 11.2 Å². The highest BCUT2D eigenvalue weighted by molar-refractivity contribution is 5.99. The minimum atomic E-state index is -0.0875. The zero-order valence-electron chi connectivity index (χ0n) is 13.1. The number of carbonyl (C=O) groups is 2. The van der Waals surface area contributed by atoms with Gasteiger partial charge in [-0.25, -0.2) is 0 Å². The van der Waals surface area contributed by atoms with E-state index in [4.69, 9.17) is 4.74 Å². The Morgan fingerprint density at radius 2 is 1.91 bits per heavy atom. The van der Waals surface area contributed by atoms with Gasteiger partial charge in [0, 0.05) is 17.8 Å². The number of Topliss-reactive ketones (excluding diaryl/α,β-unsaturated/α-hetero) is 1. The standard InChI is InChI=1S/C19H19NO3/c1-14(21)16-10-9-15-6-5-11-20(18(15)12-16)19(22)13-23-17-7-3-2-4-8-17/h2-4,7-10,12H,5-6,11,13H2,1H3. The fourth-order valence-corrected chi connectivity index (χ4v) is 2.79. The predicted molar refractivity (Wildman–Crippen MR) is 89.1 cm³/mol. The van der Waals surface area contributed by atoms with Crippen molar-refractivity contribution in [2.45, 2.75) is 19.8 Å². The number of carbonyl (C=O) groups excluding carboxylic acids is 2. The van der Waals surface area contributed by atoms with E-state index < -0.39 is 0 Å². The third kappa shape index (κ3) is 3.42. The van der Waals surface area contributed by atoms with Crippen molar-refractivity contribution in [1.82, 2.24) is 0 Å². The Bertz CT molecular complexity index is 725. The van der Waals surface area contributed by atoms with Crippen molar-refractivity contribution in [2.24, 2.45) is 0 Å². The highest BCUT2D eigenvalue weighted by Crippen LogP contribution is 2.28. The molecule has 0 N–H and O–H groups in total. The summed E-state index contributed by atoms with van der Waals surface area (Å²) in [7, 11) is 0. The lowest BCUT2D eigenvalue weighted by atomic mass is 9.98. The van der Waals surface area contributed by atoms with E-state index in [9.17, 15) is 9.59 Å². The minimum absolute atomic E-state index is 0.00584. The molecule has 0 spiro atoms. The van der Waals surface area contributed by atoms with Crippen molar-refractivity contribution in [2.75, 3.05) is 18.1 Å². The maximum absolute atomic E-state index is 12.5. The van der Waals surface area contributed by atoms with Crippen molar-refractivity contribution in [1.29, 1.82) is 0 Å². The van der Waals surface area contributed by atoms with Crippen LogP contribution < -0.4 is 9.64 Å². The van der Waals surface area contributed by atoms with Crippen LogP contribution in [0.15, 0.2) is 48.5 Å². The van der Waals surface area contributed by atoms with Crippen LogP contribution in [0.5, 0.6) is 5.75 Å². The van der Waals surface area contributed by atoms with Gasteiger partial charge in [0.1, 0.15) is 5.75 Å². The lowest BCUT2D eigenvalue weighted by molar-refractivity contribution is -0.120. The zero-order chi connectivity index (χ0) is 16.2. The van der Waals surface area contributed by atoms with Crippen molar-refractivity contribution >= 4 is 17.4 Å². The van der Waals surface area contributed by atoms with Gasteiger partial charge in [-0.05, 0) is 43.5 Å². The molecule has 0 aromatic heterocycles. The van der Waals surface area contributed by atoms with Crippen molar-refractivity contribution in [3.8, 4) is 5.75 Å². The molecule has 4 heteroatoms. The first-order chi connectivity index (χ1) is 11.1. The number of hydrogen-bond donors (Lipinski definition) is 0. The Balaban J connectivity index is 1.77. The average molecular weight is 309 g/mol. The monoisotopic (exact) mass is 309 g/mol. The van der Waals surface area contributed by atoms with E-state index in [1.807, 2.05) is 48.5 Å². The summed E-state index contributed by atoms with van der Waals surface area (Å²) in [5.41, 5.74) is 2.58. The number of anilines is 1. The second kappa shape index (κ2) is 6.65. The number of aryl methyl sites for hydroxylation is 1. The number of ether oxygens (including phenoxy) is 1. The number of para-hydroxylation sites is 1. The molecule has 0 unspecified atom stereocenters. The maximum Gasteiger partial charge on any atom is 0.264 e. The summed E-state index contributed by atoms with van der Waals surface area (Å²) in [6.45, 7) is 2.19. The van der Waals surface area contributed by atoms with Crippen LogP contribution in [-0.4, -0.2) is 24.8 Å². The molecule has 0 aliphatic carbocycles. The molecule has 0 saturated heterocycles. The normalized spacial score (nSPS) is 13.3. The molecule has 0 bridgehead atoms. The smallest absolute Gasteiger partial charge is 0.264 e. The van der Waals surface area contributed by atoms with Crippen LogP contribution in [0.25, 0.3) is 0 Å². The van der Waals surface area contributed by atoms with Crippen LogP contribution in [0.4, 0.5) is 5.69 Å². The third-order valence-electron chi connectivity index (χ3n) is 4.02. The Morgan fingerprint density at radius 3 is 2.65 bits per heavy atom. The van der Waals surface area contributed by atoms with E-state index in [0.717, 1.165) is 24.1 Å². The molecule has 3 rings (SSSR count). The molecule has 1 aliphatic heterocycles. The fourth-order valence-electron chi connectivity index (χ4n) is 2.79. The summed E-state index contributed by atoms with van der Waals surface area (Å²) < 4.78 is 5.56. The van der Waals surface area contributed by atoms with Crippen LogP contribution >= 0.6 is 0 Å². The molecule has 0 fully saturated rings. The summed E-state index contributed by atoms with van der Waals surface area (Å²) in [4.78, 5) is 25.9. The second-order valence-electron chi connectivity index (χ2n) is 5.65. The van der Waals surface area contributed by atoms with Gasteiger partial charge in [-0.3, -0.25) is 9.59 Å². The number of benzene rings is 2. The van der Waals surface area contributed by atoms with Gasteiger partial charge in [0.25, 0.3) is 5.91 Å². The first-order valence-corrected chi connectivity index (χ1v) is 7.77. The highest BCUT2D eigenvalue weighted by Gasteiger charge is 2.23. The van der Waals surface area contributed by atoms with Crippen LogP contribution in [0, 0.1) is 0 Å². The average Bonchev–Trinajstić information content (AvgIpc) is 2.59. The molecule has 23 heavy (non-hydrogen) atoms. The van der Waals surface area contributed by atoms with Crippen LogP contribution in [0.3, 0.4) is 0 Å². The van der Waals surface area contributed by atoms with E-state index in [2.05, 4.69) is 0 Å². The molecule has 1 aliphatic rings. The molecule has 2 aromatic rings. The lowest BCUT2D eigenvalue weighted by Gasteiger charge is -2.29. The number of fused-ring (bicyclic) bond motifs is 1. The summed E-state index contributed by atoms with van der Waals surface area (Å²) >= 11 is 0. The van der Waals surface area contributed by atoms with E-state index in [-0.39, 0.29) is 18.3 Å². The summed E-state index contributed by atoms with van der Waals surface area (Å²) in [5, 5.41) is 0. The van der Waals surface area contributed by atoms with E-state index in [0.29, 0.717) is 17.9 Å². The molecule has 0 atom stereocenters. The molecule has 1 heterocycles. The molecule has 118 valence electrons. The van der Waals surface area contributed by atoms with Crippen molar-refractivity contribution < 1.29 is 14.3 Å². The van der Waals surface area contributed by atoms with Crippen molar-refractivity contribution in [3.63, 3.8) is 0 Å². The van der Waals surface area contributed by atoms with Gasteiger partial charge in [0.05, 0.1) is 0 Å². The molecular formula is C19H19NO3. The molecular weight excluding hydrogens is 290 g/mol. The van der Waals surface area contributed by atoms with Gasteiger partial charge in [0.2, 0.25) is 0 Å². The van der Waals surface area contributed by atoms with Crippen LogP contribution in [0.1, 0.15) is 29.3 Å². The van der Waals surface area contributed by atoms with Crippen molar-refractivity contribution in [3.05, 3.63) is 59.7 Å². The fraction of sp³-hybridized carbons (Fsp3) is 0.263. The topological polar surface area (TPSA) is 46.6 Å². The largest absolute Gasteiger partial charge is 0.484 e. The number of amides is 1. The molecule has 1 amide bonds. The van der Waals surface area contributed by atoms with Crippen LogP contribution in [0.2, 0.25) is 0 Å². The highest BCUT2D eigenvalue weighted by atomic mass is 16.5. The van der Waals surface area contributed by atoms with Gasteiger partial charge < -0.3 is 9.64 Å². The SMILES string of the molecule is CC(=O)c1ccc2c(c1)N(C(=O)COc1ccccc1)CCC2. The first-order valence-electron chi connectivity index (χ1n) is 7.77. The van der Waals surface area contributed by atoms with Gasteiger partial charge in [0.15, 0.2) is 12.4 Å². The third-order valence-corrected chi connectivity index (χ3v) is 4.02. The summed E-state index contributed by atoms with van der Waals surface area (Å²) in [5.74, 6) is 0.595. The van der Waals surface area contributed by atoms with E-state index in [1.165, 1.54) is 6.92 Å². The number of ketones is 1. The van der Waals surface area contributed by atoms with Gasteiger partial charge in [-0.2, -0.15) is 0 Å². The molecule has 4 nitrogen and oxygen atoms in total. The van der Waals surface area contributed by atoms with Gasteiger partial charge >= 0.3 is 0 Å².